The Morgan fingerprint density at radius 3 is 2.68 bits per heavy atom. The molecule has 8 nitrogen and oxygen atoms in total. The van der Waals surface area contributed by atoms with Gasteiger partial charge in [0.1, 0.15) is 24.2 Å². The SMILES string of the molecule is O=C1OCC=C[C@@H]2O[C@]34C=CCN(c5ccc6ccccc6c5)C(=O)C3N(CCO)C(=O)[C@@H]4[C@H]12. The fourth-order valence-corrected chi connectivity index (χ4v) is 5.89. The van der Waals surface area contributed by atoms with Crippen molar-refractivity contribution in [1.82, 2.24) is 4.90 Å². The number of carbonyl (C=O) groups is 3. The standard InChI is InChI=1S/C26H24N2O6/c29-13-12-28-22-24(31)27(18-9-8-16-5-1-2-6-17(16)15-18)11-4-10-26(22)21(23(28)30)20-19(34-26)7-3-14-33-25(20)32/h1-10,15,19-22,29H,11-14H2/t19-,20+,21-,22?,26-/m0/s1. The van der Waals surface area contributed by atoms with Crippen LogP contribution in [-0.2, 0) is 23.9 Å². The summed E-state index contributed by atoms with van der Waals surface area (Å²) in [5.74, 6) is -2.94. The van der Waals surface area contributed by atoms with Crippen molar-refractivity contribution in [2.24, 2.45) is 11.8 Å². The smallest absolute Gasteiger partial charge is 0.313 e. The number of likely N-dealkylation sites (tertiary alicyclic amines) is 1. The molecule has 4 aliphatic rings. The molecule has 0 saturated carbocycles. The second kappa shape index (κ2) is 7.78. The Morgan fingerprint density at radius 2 is 1.85 bits per heavy atom. The Bertz CT molecular complexity index is 1250. The summed E-state index contributed by atoms with van der Waals surface area (Å²) in [4.78, 5) is 43.5. The van der Waals surface area contributed by atoms with Gasteiger partial charge in [-0.05, 0) is 29.0 Å². The highest BCUT2D eigenvalue weighted by molar-refractivity contribution is 6.06. The summed E-state index contributed by atoms with van der Waals surface area (Å²) in [6.07, 6.45) is 6.39. The number of hydrogen-bond donors (Lipinski definition) is 1. The van der Waals surface area contributed by atoms with Crippen LogP contribution in [0.5, 0.6) is 0 Å². The van der Waals surface area contributed by atoms with Crippen molar-refractivity contribution < 1.29 is 29.0 Å². The first-order valence-corrected chi connectivity index (χ1v) is 11.5. The van der Waals surface area contributed by atoms with Crippen LogP contribution < -0.4 is 4.90 Å². The van der Waals surface area contributed by atoms with Gasteiger partial charge in [0.2, 0.25) is 5.91 Å². The molecular formula is C26H24N2O6. The predicted molar refractivity (Wildman–Crippen MR) is 123 cm³/mol. The molecule has 4 heterocycles. The molecule has 1 N–H and O–H groups in total. The van der Waals surface area contributed by atoms with E-state index in [0.29, 0.717) is 12.2 Å². The van der Waals surface area contributed by atoms with Crippen LogP contribution in [0, 0.1) is 11.8 Å². The highest BCUT2D eigenvalue weighted by Gasteiger charge is 2.71. The Labute approximate surface area is 196 Å². The predicted octanol–water partition coefficient (Wildman–Crippen LogP) is 1.43. The molecule has 2 amide bonds. The number of β-amino-alcohol motifs (C(OH)–C–C–N with tert-alkyl or cyclic N) is 1. The lowest BCUT2D eigenvalue weighted by Crippen LogP contribution is -2.55. The molecule has 34 heavy (non-hydrogen) atoms. The molecule has 2 aromatic rings. The molecule has 6 rings (SSSR count). The summed E-state index contributed by atoms with van der Waals surface area (Å²) in [5.41, 5.74) is -0.609. The lowest BCUT2D eigenvalue weighted by molar-refractivity contribution is -0.152. The number of esters is 1. The van der Waals surface area contributed by atoms with Crippen LogP contribution in [0.4, 0.5) is 5.69 Å². The van der Waals surface area contributed by atoms with Crippen molar-refractivity contribution in [3.8, 4) is 0 Å². The monoisotopic (exact) mass is 460 g/mol. The van der Waals surface area contributed by atoms with Crippen LogP contribution in [0.15, 0.2) is 66.8 Å². The highest BCUT2D eigenvalue weighted by Crippen LogP contribution is 2.53. The molecule has 1 unspecified atom stereocenters. The van der Waals surface area contributed by atoms with Gasteiger partial charge in [-0.2, -0.15) is 0 Å². The maximum Gasteiger partial charge on any atom is 0.313 e. The number of aliphatic hydroxyl groups excluding tert-OH is 1. The molecule has 0 radical (unpaired) electrons. The second-order valence-electron chi connectivity index (χ2n) is 9.04. The first-order chi connectivity index (χ1) is 16.5. The average Bonchev–Trinajstić information content (AvgIpc) is 3.13. The van der Waals surface area contributed by atoms with Gasteiger partial charge in [-0.1, -0.05) is 48.6 Å². The third-order valence-electron chi connectivity index (χ3n) is 7.30. The fourth-order valence-electron chi connectivity index (χ4n) is 5.89. The van der Waals surface area contributed by atoms with Crippen molar-refractivity contribution >= 4 is 34.2 Å². The maximum atomic E-state index is 14.1. The van der Waals surface area contributed by atoms with Gasteiger partial charge >= 0.3 is 5.97 Å². The number of nitrogens with zero attached hydrogens (tertiary/aromatic N) is 2. The number of carbonyl (C=O) groups excluding carboxylic acids is 3. The Morgan fingerprint density at radius 1 is 1.03 bits per heavy atom. The number of amides is 2. The number of anilines is 1. The second-order valence-corrected chi connectivity index (χ2v) is 9.04. The van der Waals surface area contributed by atoms with E-state index < -0.39 is 35.6 Å². The van der Waals surface area contributed by atoms with Crippen LogP contribution >= 0.6 is 0 Å². The van der Waals surface area contributed by atoms with Gasteiger partial charge in [-0.25, -0.2) is 0 Å². The minimum absolute atomic E-state index is 0.0292. The third kappa shape index (κ3) is 2.88. The number of hydrogen-bond acceptors (Lipinski definition) is 6. The van der Waals surface area contributed by atoms with Gasteiger partial charge in [0, 0.05) is 18.8 Å². The summed E-state index contributed by atoms with van der Waals surface area (Å²) in [7, 11) is 0. The Hall–Kier alpha value is -3.49. The van der Waals surface area contributed by atoms with E-state index in [4.69, 9.17) is 9.47 Å². The van der Waals surface area contributed by atoms with Gasteiger partial charge in [0.25, 0.3) is 5.91 Å². The zero-order valence-electron chi connectivity index (χ0n) is 18.4. The van der Waals surface area contributed by atoms with Crippen LogP contribution in [-0.4, -0.2) is 71.8 Å². The van der Waals surface area contributed by atoms with E-state index in [1.165, 1.54) is 4.90 Å². The molecular weight excluding hydrogens is 436 g/mol. The largest absolute Gasteiger partial charge is 0.461 e. The molecule has 0 bridgehead atoms. The van der Waals surface area contributed by atoms with Crippen molar-refractivity contribution in [3.63, 3.8) is 0 Å². The minimum atomic E-state index is -1.31. The van der Waals surface area contributed by atoms with E-state index in [9.17, 15) is 19.5 Å². The normalized spacial score (nSPS) is 32.3. The summed E-state index contributed by atoms with van der Waals surface area (Å²) in [6.45, 7) is 0.0780. The zero-order valence-corrected chi connectivity index (χ0v) is 18.4. The summed E-state index contributed by atoms with van der Waals surface area (Å²) in [6, 6.07) is 12.7. The third-order valence-corrected chi connectivity index (χ3v) is 7.30. The Kier molecular flexibility index (Phi) is 4.82. The van der Waals surface area contributed by atoms with E-state index in [-0.39, 0.29) is 31.6 Å². The first-order valence-electron chi connectivity index (χ1n) is 11.5. The maximum absolute atomic E-state index is 14.1. The van der Waals surface area contributed by atoms with Crippen LogP contribution in [0.2, 0.25) is 0 Å². The van der Waals surface area contributed by atoms with Crippen molar-refractivity contribution in [3.05, 3.63) is 66.8 Å². The molecule has 0 aliphatic carbocycles. The quantitative estimate of drug-likeness (QED) is 0.550. The molecule has 0 aromatic heterocycles. The fraction of sp³-hybridized carbons (Fsp3) is 0.346. The number of aliphatic hydroxyl groups is 1. The molecule has 2 fully saturated rings. The van der Waals surface area contributed by atoms with Gasteiger partial charge in [-0.15, -0.1) is 0 Å². The number of benzene rings is 2. The van der Waals surface area contributed by atoms with E-state index >= 15 is 0 Å². The molecule has 2 aromatic carbocycles. The van der Waals surface area contributed by atoms with Gasteiger partial charge in [-0.3, -0.25) is 14.4 Å². The molecule has 174 valence electrons. The lowest BCUT2D eigenvalue weighted by Gasteiger charge is -2.35. The summed E-state index contributed by atoms with van der Waals surface area (Å²) in [5, 5.41) is 11.8. The molecule has 5 atom stereocenters. The van der Waals surface area contributed by atoms with Crippen LogP contribution in [0.25, 0.3) is 10.8 Å². The number of rotatable bonds is 3. The Balaban J connectivity index is 1.45. The number of cyclic esters (lactones) is 1. The van der Waals surface area contributed by atoms with Crippen LogP contribution in [0.1, 0.15) is 0 Å². The lowest BCUT2D eigenvalue weighted by atomic mass is 9.78. The average molecular weight is 460 g/mol. The summed E-state index contributed by atoms with van der Waals surface area (Å²) < 4.78 is 11.7. The molecule has 2 saturated heterocycles. The zero-order chi connectivity index (χ0) is 23.4. The molecule has 1 spiro atoms. The number of fused-ring (bicyclic) bond motifs is 3. The van der Waals surface area contributed by atoms with E-state index in [0.717, 1.165) is 10.8 Å². The van der Waals surface area contributed by atoms with Gasteiger partial charge < -0.3 is 24.4 Å². The molecule has 8 heteroatoms. The van der Waals surface area contributed by atoms with E-state index in [2.05, 4.69) is 0 Å². The minimum Gasteiger partial charge on any atom is -0.461 e. The van der Waals surface area contributed by atoms with Crippen LogP contribution in [0.3, 0.4) is 0 Å². The molecule has 4 aliphatic heterocycles. The van der Waals surface area contributed by atoms with Crippen molar-refractivity contribution in [1.29, 1.82) is 0 Å². The topological polar surface area (TPSA) is 96.4 Å². The van der Waals surface area contributed by atoms with E-state index in [1.54, 1.807) is 23.1 Å². The van der Waals surface area contributed by atoms with Gasteiger partial charge in [0.15, 0.2) is 0 Å². The van der Waals surface area contributed by atoms with E-state index in [1.807, 2.05) is 48.5 Å². The van der Waals surface area contributed by atoms with Gasteiger partial charge in [0.05, 0.1) is 18.6 Å². The van der Waals surface area contributed by atoms with Crippen molar-refractivity contribution in [2.75, 3.05) is 31.2 Å². The number of ether oxygens (including phenoxy) is 2. The highest BCUT2D eigenvalue weighted by atomic mass is 16.6. The summed E-state index contributed by atoms with van der Waals surface area (Å²) >= 11 is 0. The van der Waals surface area contributed by atoms with Crippen molar-refractivity contribution in [2.45, 2.75) is 17.7 Å². The first kappa shape index (κ1) is 21.1.